The lowest BCUT2D eigenvalue weighted by Crippen LogP contribution is -2.27. The molecule has 0 aliphatic carbocycles. The molecule has 0 heterocycles. The second kappa shape index (κ2) is 4.84. The number of phenols is 3. The third kappa shape index (κ3) is 2.51. The van der Waals surface area contributed by atoms with Crippen LogP contribution in [0.4, 0.5) is 0 Å². The molecule has 1 aromatic rings. The number of guanidine groups is 1. The highest BCUT2D eigenvalue weighted by atomic mass is 16.5. The molecule has 0 radical (unpaired) electrons. The van der Waals surface area contributed by atoms with Crippen molar-refractivity contribution in [3.05, 3.63) is 17.7 Å². The van der Waals surface area contributed by atoms with Gasteiger partial charge in [0.2, 0.25) is 11.7 Å². The van der Waals surface area contributed by atoms with Crippen LogP contribution in [0.3, 0.4) is 0 Å². The Morgan fingerprint density at radius 3 is 2.56 bits per heavy atom. The van der Waals surface area contributed by atoms with E-state index >= 15 is 0 Å². The highest BCUT2D eigenvalue weighted by Gasteiger charge is 2.08. The van der Waals surface area contributed by atoms with Crippen molar-refractivity contribution in [2.75, 3.05) is 0 Å². The SMILES string of the molecule is N/C(=N\N=Cc1ccc(O)c(O)c1O)NO. The van der Waals surface area contributed by atoms with E-state index in [1.165, 1.54) is 12.1 Å². The summed E-state index contributed by atoms with van der Waals surface area (Å²) in [6, 6.07) is 2.49. The van der Waals surface area contributed by atoms with Gasteiger partial charge < -0.3 is 21.1 Å². The first-order valence-electron chi connectivity index (χ1n) is 4.06. The summed E-state index contributed by atoms with van der Waals surface area (Å²) in [6.45, 7) is 0. The van der Waals surface area contributed by atoms with Gasteiger partial charge in [-0.2, -0.15) is 5.10 Å². The first kappa shape index (κ1) is 11.6. The van der Waals surface area contributed by atoms with E-state index in [2.05, 4.69) is 10.2 Å². The summed E-state index contributed by atoms with van der Waals surface area (Å²) in [5.41, 5.74) is 6.73. The Morgan fingerprint density at radius 2 is 1.94 bits per heavy atom. The Balaban J connectivity index is 2.95. The number of hydrogen-bond donors (Lipinski definition) is 6. The van der Waals surface area contributed by atoms with Gasteiger partial charge in [0.05, 0.1) is 6.21 Å². The van der Waals surface area contributed by atoms with Crippen molar-refractivity contribution in [3.8, 4) is 17.2 Å². The fourth-order valence-electron chi connectivity index (χ4n) is 0.864. The largest absolute Gasteiger partial charge is 0.504 e. The number of nitrogens with one attached hydrogen (secondary N) is 1. The summed E-state index contributed by atoms with van der Waals surface area (Å²) in [6.07, 6.45) is 1.08. The van der Waals surface area contributed by atoms with E-state index < -0.39 is 17.2 Å². The van der Waals surface area contributed by atoms with E-state index in [1.807, 2.05) is 0 Å². The van der Waals surface area contributed by atoms with E-state index in [1.54, 1.807) is 5.48 Å². The monoisotopic (exact) mass is 226 g/mol. The van der Waals surface area contributed by atoms with Crippen molar-refractivity contribution >= 4 is 12.2 Å². The summed E-state index contributed by atoms with van der Waals surface area (Å²) in [5.74, 6) is -1.97. The van der Waals surface area contributed by atoms with Crippen LogP contribution < -0.4 is 11.2 Å². The summed E-state index contributed by atoms with van der Waals surface area (Å²) in [7, 11) is 0. The number of aromatic hydroxyl groups is 3. The Labute approximate surface area is 89.9 Å². The number of nitrogens with two attached hydrogens (primary N) is 1. The van der Waals surface area contributed by atoms with Gasteiger partial charge in [0.25, 0.3) is 0 Å². The van der Waals surface area contributed by atoms with E-state index in [-0.39, 0.29) is 11.5 Å². The fourth-order valence-corrected chi connectivity index (χ4v) is 0.864. The maximum atomic E-state index is 9.35. The number of phenolic OH excluding ortho intramolecular Hbond substituents is 3. The predicted octanol–water partition coefficient (Wildman–Crippen LogP) is -0.569. The minimum absolute atomic E-state index is 0.129. The normalized spacial score (nSPS) is 11.9. The molecule has 0 atom stereocenters. The van der Waals surface area contributed by atoms with E-state index in [0.29, 0.717) is 0 Å². The topological polar surface area (TPSA) is 144 Å². The number of rotatable bonds is 2. The average molecular weight is 226 g/mol. The number of benzene rings is 1. The first-order chi connectivity index (χ1) is 7.56. The number of nitrogens with zero attached hydrogens (tertiary/aromatic N) is 2. The molecule has 0 aliphatic rings. The van der Waals surface area contributed by atoms with Crippen LogP contribution in [0.2, 0.25) is 0 Å². The van der Waals surface area contributed by atoms with Crippen LogP contribution in [-0.2, 0) is 0 Å². The van der Waals surface area contributed by atoms with Crippen LogP contribution in [0.1, 0.15) is 5.56 Å². The molecule has 0 spiro atoms. The third-order valence-electron chi connectivity index (χ3n) is 1.64. The van der Waals surface area contributed by atoms with Crippen molar-refractivity contribution < 1.29 is 20.5 Å². The van der Waals surface area contributed by atoms with Gasteiger partial charge in [-0.05, 0) is 12.1 Å². The highest BCUT2D eigenvalue weighted by molar-refractivity contribution is 5.86. The Bertz CT molecular complexity index is 444. The van der Waals surface area contributed by atoms with Crippen LogP contribution in [0, 0.1) is 0 Å². The smallest absolute Gasteiger partial charge is 0.237 e. The molecule has 0 saturated heterocycles. The number of hydroxylamine groups is 1. The van der Waals surface area contributed by atoms with Gasteiger partial charge in [0.15, 0.2) is 11.5 Å². The Hall–Kier alpha value is -2.48. The zero-order chi connectivity index (χ0) is 12.1. The predicted molar refractivity (Wildman–Crippen MR) is 55.6 cm³/mol. The van der Waals surface area contributed by atoms with Gasteiger partial charge in [-0.1, -0.05) is 0 Å². The molecule has 0 saturated carbocycles. The molecule has 16 heavy (non-hydrogen) atoms. The summed E-state index contributed by atoms with van der Waals surface area (Å²) >= 11 is 0. The minimum atomic E-state index is -0.652. The molecule has 0 fully saturated rings. The van der Waals surface area contributed by atoms with Gasteiger partial charge in [0.1, 0.15) is 0 Å². The van der Waals surface area contributed by atoms with Gasteiger partial charge in [0, 0.05) is 5.56 Å². The van der Waals surface area contributed by atoms with Crippen molar-refractivity contribution in [1.29, 1.82) is 0 Å². The molecule has 0 aromatic heterocycles. The lowest BCUT2D eigenvalue weighted by atomic mass is 10.2. The van der Waals surface area contributed by atoms with Crippen molar-refractivity contribution in [3.63, 3.8) is 0 Å². The second-order valence-electron chi connectivity index (χ2n) is 2.71. The Morgan fingerprint density at radius 1 is 1.25 bits per heavy atom. The number of hydrogen-bond acceptors (Lipinski definition) is 6. The van der Waals surface area contributed by atoms with Crippen molar-refractivity contribution in [2.45, 2.75) is 0 Å². The molecule has 0 aliphatic heterocycles. The van der Waals surface area contributed by atoms with Gasteiger partial charge in [-0.15, -0.1) is 5.10 Å². The van der Waals surface area contributed by atoms with Gasteiger partial charge in [-0.25, -0.2) is 5.48 Å². The standard InChI is InChI=1S/C8H10N4O4/c9-8(12-16)11-10-3-4-1-2-5(13)7(15)6(4)14/h1-3,13-16H,(H3,9,11,12). The maximum absolute atomic E-state index is 9.35. The van der Waals surface area contributed by atoms with Gasteiger partial charge in [-0.3, -0.25) is 5.21 Å². The minimum Gasteiger partial charge on any atom is -0.504 e. The van der Waals surface area contributed by atoms with Crippen LogP contribution >= 0.6 is 0 Å². The van der Waals surface area contributed by atoms with Crippen LogP contribution in [0.5, 0.6) is 17.2 Å². The molecule has 8 nitrogen and oxygen atoms in total. The summed E-state index contributed by atoms with van der Waals surface area (Å²) < 4.78 is 0. The first-order valence-corrected chi connectivity index (χ1v) is 4.06. The lowest BCUT2D eigenvalue weighted by Gasteiger charge is -2.02. The summed E-state index contributed by atoms with van der Waals surface area (Å²) in [4.78, 5) is 0. The van der Waals surface area contributed by atoms with Crippen LogP contribution in [0.25, 0.3) is 0 Å². The van der Waals surface area contributed by atoms with Crippen LogP contribution in [-0.4, -0.2) is 32.7 Å². The fraction of sp³-hybridized carbons (Fsp3) is 0. The zero-order valence-corrected chi connectivity index (χ0v) is 7.99. The van der Waals surface area contributed by atoms with Gasteiger partial charge >= 0.3 is 0 Å². The maximum Gasteiger partial charge on any atom is 0.237 e. The van der Waals surface area contributed by atoms with Crippen molar-refractivity contribution in [1.82, 2.24) is 5.48 Å². The molecular formula is C8H10N4O4. The third-order valence-corrected chi connectivity index (χ3v) is 1.64. The van der Waals surface area contributed by atoms with Crippen molar-refractivity contribution in [2.24, 2.45) is 15.9 Å². The molecule has 1 rings (SSSR count). The summed E-state index contributed by atoms with van der Waals surface area (Å²) in [5, 5.41) is 42.5. The quantitative estimate of drug-likeness (QED) is 0.172. The molecule has 8 heteroatoms. The molecule has 0 bridgehead atoms. The lowest BCUT2D eigenvalue weighted by molar-refractivity contribution is 0.232. The molecule has 86 valence electrons. The molecular weight excluding hydrogens is 216 g/mol. The van der Waals surface area contributed by atoms with E-state index in [9.17, 15) is 5.11 Å². The highest BCUT2D eigenvalue weighted by Crippen LogP contribution is 2.36. The zero-order valence-electron chi connectivity index (χ0n) is 7.99. The molecule has 1 aromatic carbocycles. The van der Waals surface area contributed by atoms with E-state index in [4.69, 9.17) is 21.2 Å². The van der Waals surface area contributed by atoms with Crippen LogP contribution in [0.15, 0.2) is 22.3 Å². The molecule has 7 N–H and O–H groups in total. The molecule has 0 unspecified atom stereocenters. The van der Waals surface area contributed by atoms with E-state index in [0.717, 1.165) is 6.21 Å². The average Bonchev–Trinajstić information content (AvgIpc) is 2.29. The second-order valence-corrected chi connectivity index (χ2v) is 2.71. The molecule has 0 amide bonds. The Kier molecular flexibility index (Phi) is 3.51.